The quantitative estimate of drug-likeness (QED) is 0.894. The minimum Gasteiger partial charge on any atom is -0.381 e. The van der Waals surface area contributed by atoms with Gasteiger partial charge in [-0.3, -0.25) is 9.48 Å². The number of oxime groups is 1. The Morgan fingerprint density at radius 3 is 2.65 bits per heavy atom. The van der Waals surface area contributed by atoms with Gasteiger partial charge in [-0.2, -0.15) is 5.10 Å². The minimum atomic E-state index is -0.692. The summed E-state index contributed by atoms with van der Waals surface area (Å²) in [6.45, 7) is 8.25. The molecule has 6 nitrogen and oxygen atoms in total. The molecule has 0 saturated heterocycles. The van der Waals surface area contributed by atoms with Crippen molar-refractivity contribution in [2.75, 3.05) is 6.54 Å². The first-order valence-corrected chi connectivity index (χ1v) is 8.67. The van der Waals surface area contributed by atoms with Crippen molar-refractivity contribution in [3.8, 4) is 0 Å². The van der Waals surface area contributed by atoms with Crippen LogP contribution in [0.5, 0.6) is 0 Å². The van der Waals surface area contributed by atoms with Gasteiger partial charge in [-0.25, -0.2) is 4.39 Å². The number of carbonyl (C=O) groups excluding carboxylic acids is 1. The van der Waals surface area contributed by atoms with Crippen molar-refractivity contribution >= 4 is 11.6 Å². The number of aryl methyl sites for hydroxylation is 2. The number of nitrogens with one attached hydrogen (secondary N) is 1. The number of halogens is 1. The summed E-state index contributed by atoms with van der Waals surface area (Å²) in [4.78, 5) is 17.9. The van der Waals surface area contributed by atoms with Crippen LogP contribution in [0.4, 0.5) is 4.39 Å². The minimum absolute atomic E-state index is 0.0295. The summed E-state index contributed by atoms with van der Waals surface area (Å²) in [5.74, 6) is -0.746. The number of hydrogen-bond acceptors (Lipinski definition) is 4. The SMILES string of the molecule is Cc1cc(C)n([C@H](C)CNC(=O)[C@@H]2ON=C(c3ccc(F)cc3)[C@H]2C)n1. The summed E-state index contributed by atoms with van der Waals surface area (Å²) in [5.41, 5.74) is 3.41. The van der Waals surface area contributed by atoms with E-state index in [0.717, 1.165) is 17.0 Å². The van der Waals surface area contributed by atoms with E-state index in [1.807, 2.05) is 38.4 Å². The fourth-order valence-electron chi connectivity index (χ4n) is 3.17. The van der Waals surface area contributed by atoms with E-state index in [2.05, 4.69) is 15.6 Å². The zero-order valence-corrected chi connectivity index (χ0v) is 15.4. The lowest BCUT2D eigenvalue weighted by atomic mass is 9.94. The molecule has 0 bridgehead atoms. The van der Waals surface area contributed by atoms with Gasteiger partial charge in [0.25, 0.3) is 5.91 Å². The van der Waals surface area contributed by atoms with E-state index in [0.29, 0.717) is 12.3 Å². The maximum atomic E-state index is 13.1. The molecule has 3 atom stereocenters. The number of amides is 1. The fourth-order valence-corrected chi connectivity index (χ4v) is 3.17. The number of hydrogen-bond donors (Lipinski definition) is 1. The summed E-state index contributed by atoms with van der Waals surface area (Å²) in [6, 6.07) is 8.05. The molecule has 1 N–H and O–H groups in total. The zero-order valence-electron chi connectivity index (χ0n) is 15.4. The Hall–Kier alpha value is -2.70. The molecule has 1 aromatic carbocycles. The van der Waals surface area contributed by atoms with Crippen LogP contribution in [0.3, 0.4) is 0 Å². The first-order valence-electron chi connectivity index (χ1n) is 8.67. The Morgan fingerprint density at radius 1 is 1.35 bits per heavy atom. The molecule has 26 heavy (non-hydrogen) atoms. The Morgan fingerprint density at radius 2 is 2.04 bits per heavy atom. The monoisotopic (exact) mass is 358 g/mol. The Bertz CT molecular complexity index is 829. The summed E-state index contributed by atoms with van der Waals surface area (Å²) in [7, 11) is 0. The molecule has 1 amide bonds. The fraction of sp³-hybridized carbons (Fsp3) is 0.421. The molecule has 1 aliphatic heterocycles. The molecule has 0 saturated carbocycles. The topological polar surface area (TPSA) is 68.5 Å². The molecular formula is C19H23FN4O2. The van der Waals surface area contributed by atoms with Crippen LogP contribution in [0, 0.1) is 25.6 Å². The number of aromatic nitrogens is 2. The van der Waals surface area contributed by atoms with E-state index in [4.69, 9.17) is 4.84 Å². The van der Waals surface area contributed by atoms with Crippen molar-refractivity contribution in [1.82, 2.24) is 15.1 Å². The highest BCUT2D eigenvalue weighted by Gasteiger charge is 2.36. The van der Waals surface area contributed by atoms with E-state index >= 15 is 0 Å². The van der Waals surface area contributed by atoms with Crippen LogP contribution in [0.25, 0.3) is 0 Å². The van der Waals surface area contributed by atoms with Gasteiger partial charge >= 0.3 is 0 Å². The maximum absolute atomic E-state index is 13.1. The molecular weight excluding hydrogens is 335 g/mol. The summed E-state index contributed by atoms with van der Waals surface area (Å²) in [6.07, 6.45) is -0.692. The van der Waals surface area contributed by atoms with Crippen molar-refractivity contribution in [3.63, 3.8) is 0 Å². The van der Waals surface area contributed by atoms with E-state index < -0.39 is 6.10 Å². The third-order valence-electron chi connectivity index (χ3n) is 4.58. The third kappa shape index (κ3) is 3.61. The van der Waals surface area contributed by atoms with Gasteiger partial charge in [-0.15, -0.1) is 0 Å². The number of rotatable bonds is 5. The molecule has 0 aliphatic carbocycles. The standard InChI is InChI=1S/C19H23FN4O2/c1-11-9-12(2)24(22-11)13(3)10-21-19(25)18-14(4)17(23-26-18)15-5-7-16(20)8-6-15/h5-9,13-14,18H,10H2,1-4H3,(H,21,25)/t13-,14-,18-/m1/s1. The summed E-state index contributed by atoms with van der Waals surface area (Å²) < 4.78 is 15.0. The van der Waals surface area contributed by atoms with Gasteiger partial charge in [0.1, 0.15) is 5.82 Å². The third-order valence-corrected chi connectivity index (χ3v) is 4.58. The molecule has 1 aromatic heterocycles. The molecule has 3 rings (SSSR count). The number of nitrogens with zero attached hydrogens (tertiary/aromatic N) is 3. The van der Waals surface area contributed by atoms with Crippen molar-refractivity contribution in [2.45, 2.75) is 39.8 Å². The average Bonchev–Trinajstić information content (AvgIpc) is 3.15. The van der Waals surface area contributed by atoms with Gasteiger partial charge in [0.2, 0.25) is 6.10 Å². The van der Waals surface area contributed by atoms with E-state index in [9.17, 15) is 9.18 Å². The maximum Gasteiger partial charge on any atom is 0.264 e. The number of benzene rings is 1. The highest BCUT2D eigenvalue weighted by Crippen LogP contribution is 2.23. The predicted octanol–water partition coefficient (Wildman–Crippen LogP) is 2.76. The van der Waals surface area contributed by atoms with Crippen LogP contribution >= 0.6 is 0 Å². The van der Waals surface area contributed by atoms with Crippen molar-refractivity contribution in [3.05, 3.63) is 53.1 Å². The van der Waals surface area contributed by atoms with Gasteiger partial charge in [-0.05, 0) is 44.5 Å². The van der Waals surface area contributed by atoms with E-state index in [-0.39, 0.29) is 23.7 Å². The normalized spacial score (nSPS) is 20.4. The number of carbonyl (C=O) groups is 1. The van der Waals surface area contributed by atoms with Crippen LogP contribution in [-0.2, 0) is 9.63 Å². The van der Waals surface area contributed by atoms with Crippen LogP contribution in [-0.4, -0.2) is 34.0 Å². The van der Waals surface area contributed by atoms with E-state index in [1.54, 1.807) is 12.1 Å². The molecule has 2 heterocycles. The first kappa shape index (κ1) is 18.1. The second-order valence-corrected chi connectivity index (χ2v) is 6.76. The predicted molar refractivity (Wildman–Crippen MR) is 96.4 cm³/mol. The van der Waals surface area contributed by atoms with Crippen molar-refractivity contribution < 1.29 is 14.0 Å². The molecule has 1 aliphatic rings. The Labute approximate surface area is 152 Å². The highest BCUT2D eigenvalue weighted by molar-refractivity contribution is 6.05. The second kappa shape index (κ2) is 7.27. The summed E-state index contributed by atoms with van der Waals surface area (Å²) >= 11 is 0. The largest absolute Gasteiger partial charge is 0.381 e. The molecule has 2 aromatic rings. The van der Waals surface area contributed by atoms with E-state index in [1.165, 1.54) is 12.1 Å². The van der Waals surface area contributed by atoms with Crippen molar-refractivity contribution in [1.29, 1.82) is 0 Å². The van der Waals surface area contributed by atoms with Crippen molar-refractivity contribution in [2.24, 2.45) is 11.1 Å². The van der Waals surface area contributed by atoms with Crippen LogP contribution in [0.15, 0.2) is 35.5 Å². The smallest absolute Gasteiger partial charge is 0.264 e. The average molecular weight is 358 g/mol. The van der Waals surface area contributed by atoms with Gasteiger partial charge in [0.15, 0.2) is 0 Å². The lowest BCUT2D eigenvalue weighted by molar-refractivity contribution is -0.132. The van der Waals surface area contributed by atoms with Crippen LogP contribution in [0.2, 0.25) is 0 Å². The van der Waals surface area contributed by atoms with Gasteiger partial charge in [0, 0.05) is 12.2 Å². The van der Waals surface area contributed by atoms with Gasteiger partial charge in [-0.1, -0.05) is 24.2 Å². The Balaban J connectivity index is 1.59. The van der Waals surface area contributed by atoms with Crippen LogP contribution in [0.1, 0.15) is 36.8 Å². The first-order chi connectivity index (χ1) is 12.4. The molecule has 138 valence electrons. The zero-order chi connectivity index (χ0) is 18.8. The highest BCUT2D eigenvalue weighted by atomic mass is 19.1. The lowest BCUT2D eigenvalue weighted by Crippen LogP contribution is -2.41. The molecule has 0 unspecified atom stereocenters. The Kier molecular flexibility index (Phi) is 5.06. The molecule has 0 spiro atoms. The second-order valence-electron chi connectivity index (χ2n) is 6.76. The van der Waals surface area contributed by atoms with Gasteiger partial charge in [0.05, 0.1) is 23.4 Å². The van der Waals surface area contributed by atoms with Crippen LogP contribution < -0.4 is 5.32 Å². The molecule has 0 fully saturated rings. The summed E-state index contributed by atoms with van der Waals surface area (Å²) in [5, 5.41) is 11.4. The molecule has 7 heteroatoms. The molecule has 0 radical (unpaired) electrons. The van der Waals surface area contributed by atoms with Gasteiger partial charge < -0.3 is 10.2 Å². The lowest BCUT2D eigenvalue weighted by Gasteiger charge is -2.18.